The van der Waals surface area contributed by atoms with Crippen LogP contribution in [-0.2, 0) is 0 Å². The molecule has 0 saturated carbocycles. The molecule has 0 aliphatic heterocycles. The van der Waals surface area contributed by atoms with E-state index in [2.05, 4.69) is 0 Å². The van der Waals surface area contributed by atoms with Crippen LogP contribution in [0.4, 0.5) is 0 Å². The Bertz CT molecular complexity index is 167. The number of hydrogen-bond donors (Lipinski definition) is 2. The first-order valence-corrected chi connectivity index (χ1v) is 2.27. The number of hydrogen-bond acceptors (Lipinski definition) is 2. The number of phenolic OH excluding ortho intramolecular Hbond substituents is 2. The van der Waals surface area contributed by atoms with Crippen molar-refractivity contribution in [1.29, 1.82) is 0 Å². The molecule has 0 aromatic heterocycles. The van der Waals surface area contributed by atoms with Crippen molar-refractivity contribution in [2.75, 3.05) is 0 Å². The van der Waals surface area contributed by atoms with E-state index in [9.17, 15) is 0 Å². The van der Waals surface area contributed by atoms with Crippen molar-refractivity contribution in [2.24, 2.45) is 0 Å². The lowest BCUT2D eigenvalue weighted by atomic mass is 10.3. The van der Waals surface area contributed by atoms with Gasteiger partial charge in [0.05, 0.1) is 0 Å². The normalized spacial score (nSPS) is 8.00. The van der Waals surface area contributed by atoms with E-state index in [-0.39, 0.29) is 23.9 Å². The van der Waals surface area contributed by atoms with Gasteiger partial charge in [-0.3, -0.25) is 0 Å². The van der Waals surface area contributed by atoms with Crippen molar-refractivity contribution in [2.45, 2.75) is 0 Å². The standard InChI is InChI=1S/C6H6O2.ClH/c7-5-3-1-2-4-6(5)8;/h1-4,7-8H;1H. The highest BCUT2D eigenvalue weighted by Crippen LogP contribution is 2.21. The van der Waals surface area contributed by atoms with Gasteiger partial charge in [-0.15, -0.1) is 12.4 Å². The Kier molecular flexibility index (Phi) is 2.88. The SMILES string of the molecule is Cl.Oc1ccccc1O. The van der Waals surface area contributed by atoms with Crippen molar-refractivity contribution >= 4 is 12.4 Å². The highest BCUT2D eigenvalue weighted by molar-refractivity contribution is 5.85. The molecule has 0 radical (unpaired) electrons. The van der Waals surface area contributed by atoms with E-state index in [4.69, 9.17) is 10.2 Å². The van der Waals surface area contributed by atoms with Crippen LogP contribution in [0.15, 0.2) is 24.3 Å². The van der Waals surface area contributed by atoms with Crippen LogP contribution in [0.3, 0.4) is 0 Å². The summed E-state index contributed by atoms with van der Waals surface area (Å²) < 4.78 is 0. The summed E-state index contributed by atoms with van der Waals surface area (Å²) in [4.78, 5) is 0. The van der Waals surface area contributed by atoms with Gasteiger partial charge < -0.3 is 10.2 Å². The molecule has 2 N–H and O–H groups in total. The van der Waals surface area contributed by atoms with Gasteiger partial charge in [0.2, 0.25) is 0 Å². The summed E-state index contributed by atoms with van der Waals surface area (Å²) in [6.45, 7) is 0. The van der Waals surface area contributed by atoms with E-state index in [1.165, 1.54) is 12.1 Å². The predicted molar refractivity (Wildman–Crippen MR) is 37.0 cm³/mol. The van der Waals surface area contributed by atoms with Gasteiger partial charge in [-0.2, -0.15) is 0 Å². The maximum absolute atomic E-state index is 8.67. The summed E-state index contributed by atoms with van der Waals surface area (Å²) in [5.74, 6) is -0.153. The van der Waals surface area contributed by atoms with Gasteiger partial charge in [-0.25, -0.2) is 0 Å². The minimum Gasteiger partial charge on any atom is -0.504 e. The monoisotopic (exact) mass is 146 g/mol. The fourth-order valence-corrected chi connectivity index (χ4v) is 0.464. The van der Waals surface area contributed by atoms with Crippen molar-refractivity contribution in [3.8, 4) is 11.5 Å². The molecule has 0 aliphatic rings. The molecule has 0 unspecified atom stereocenters. The highest BCUT2D eigenvalue weighted by atomic mass is 35.5. The van der Waals surface area contributed by atoms with E-state index in [1.54, 1.807) is 12.1 Å². The molecule has 0 heterocycles. The van der Waals surface area contributed by atoms with Crippen LogP contribution in [0.25, 0.3) is 0 Å². The molecule has 50 valence electrons. The van der Waals surface area contributed by atoms with E-state index < -0.39 is 0 Å². The van der Waals surface area contributed by atoms with Crippen LogP contribution in [0.5, 0.6) is 11.5 Å². The molecule has 1 aromatic carbocycles. The maximum atomic E-state index is 8.67. The average molecular weight is 147 g/mol. The molecule has 0 saturated heterocycles. The predicted octanol–water partition coefficient (Wildman–Crippen LogP) is 1.52. The molecular weight excluding hydrogens is 140 g/mol. The van der Waals surface area contributed by atoms with E-state index in [0.717, 1.165) is 0 Å². The third-order valence-electron chi connectivity index (χ3n) is 0.882. The Morgan fingerprint density at radius 1 is 0.889 bits per heavy atom. The molecule has 0 amide bonds. The number of para-hydroxylation sites is 2. The maximum Gasteiger partial charge on any atom is 0.157 e. The minimum absolute atomic E-state index is 0. The number of benzene rings is 1. The smallest absolute Gasteiger partial charge is 0.157 e. The van der Waals surface area contributed by atoms with Crippen molar-refractivity contribution in [1.82, 2.24) is 0 Å². The summed E-state index contributed by atoms with van der Waals surface area (Å²) in [6, 6.07) is 6.15. The molecule has 1 rings (SSSR count). The minimum atomic E-state index is -0.0764. The molecule has 0 bridgehead atoms. The van der Waals surface area contributed by atoms with Crippen LogP contribution in [0.2, 0.25) is 0 Å². The third kappa shape index (κ3) is 1.82. The first-order chi connectivity index (χ1) is 3.80. The summed E-state index contributed by atoms with van der Waals surface area (Å²) in [6.07, 6.45) is 0. The van der Waals surface area contributed by atoms with Crippen LogP contribution in [0, 0.1) is 0 Å². The lowest BCUT2D eigenvalue weighted by Gasteiger charge is -1.91. The van der Waals surface area contributed by atoms with Crippen LogP contribution in [0.1, 0.15) is 0 Å². The van der Waals surface area contributed by atoms with Gasteiger partial charge in [-0.1, -0.05) is 12.1 Å². The van der Waals surface area contributed by atoms with Crippen LogP contribution < -0.4 is 0 Å². The van der Waals surface area contributed by atoms with Gasteiger partial charge in [0.15, 0.2) is 11.5 Å². The number of rotatable bonds is 0. The number of halogens is 1. The quantitative estimate of drug-likeness (QED) is 0.545. The van der Waals surface area contributed by atoms with Gasteiger partial charge in [0.1, 0.15) is 0 Å². The molecule has 3 heteroatoms. The van der Waals surface area contributed by atoms with Crippen molar-refractivity contribution < 1.29 is 10.2 Å². The summed E-state index contributed by atoms with van der Waals surface area (Å²) >= 11 is 0. The summed E-state index contributed by atoms with van der Waals surface area (Å²) in [5.41, 5.74) is 0. The second-order valence-electron chi connectivity index (χ2n) is 1.49. The average Bonchev–Trinajstić information content (AvgIpc) is 1.77. The van der Waals surface area contributed by atoms with E-state index in [0.29, 0.717) is 0 Å². The molecule has 0 fully saturated rings. The van der Waals surface area contributed by atoms with Gasteiger partial charge >= 0.3 is 0 Å². The Labute approximate surface area is 59.2 Å². The van der Waals surface area contributed by atoms with Gasteiger partial charge in [-0.05, 0) is 12.1 Å². The Morgan fingerprint density at radius 2 is 1.22 bits per heavy atom. The molecule has 0 aliphatic carbocycles. The first-order valence-electron chi connectivity index (χ1n) is 2.27. The number of aromatic hydroxyl groups is 2. The lowest BCUT2D eigenvalue weighted by molar-refractivity contribution is 0.404. The molecule has 0 atom stereocenters. The molecule has 9 heavy (non-hydrogen) atoms. The van der Waals surface area contributed by atoms with Gasteiger partial charge in [0.25, 0.3) is 0 Å². The Morgan fingerprint density at radius 3 is 1.44 bits per heavy atom. The second-order valence-corrected chi connectivity index (χ2v) is 1.49. The van der Waals surface area contributed by atoms with E-state index in [1.807, 2.05) is 0 Å². The molecule has 1 aromatic rings. The van der Waals surface area contributed by atoms with Crippen molar-refractivity contribution in [3.63, 3.8) is 0 Å². The topological polar surface area (TPSA) is 40.5 Å². The summed E-state index contributed by atoms with van der Waals surface area (Å²) in [5, 5.41) is 17.3. The zero-order valence-electron chi connectivity index (χ0n) is 4.61. The third-order valence-corrected chi connectivity index (χ3v) is 0.882. The Balaban J connectivity index is 0.000000640. The Hall–Kier alpha value is -0.890. The first kappa shape index (κ1) is 8.11. The summed E-state index contributed by atoms with van der Waals surface area (Å²) in [7, 11) is 0. The zero-order valence-corrected chi connectivity index (χ0v) is 5.43. The second kappa shape index (κ2) is 3.20. The van der Waals surface area contributed by atoms with Crippen LogP contribution in [-0.4, -0.2) is 10.2 Å². The fraction of sp³-hybridized carbons (Fsp3) is 0. The largest absolute Gasteiger partial charge is 0.504 e. The molecule has 0 spiro atoms. The van der Waals surface area contributed by atoms with Crippen LogP contribution >= 0.6 is 12.4 Å². The van der Waals surface area contributed by atoms with Gasteiger partial charge in [0, 0.05) is 0 Å². The fourth-order valence-electron chi connectivity index (χ4n) is 0.464. The lowest BCUT2D eigenvalue weighted by Crippen LogP contribution is -1.63. The number of phenols is 2. The van der Waals surface area contributed by atoms with Crippen molar-refractivity contribution in [3.05, 3.63) is 24.3 Å². The highest BCUT2D eigenvalue weighted by Gasteiger charge is 1.90. The van der Waals surface area contributed by atoms with E-state index >= 15 is 0 Å². The zero-order chi connectivity index (χ0) is 5.98. The molecule has 2 nitrogen and oxygen atoms in total. The molecular formula is C6H7ClO2.